The molecule has 2 aliphatic heterocycles. The van der Waals surface area contributed by atoms with Gasteiger partial charge in [-0.1, -0.05) is 34.4 Å². The molecule has 6 atom stereocenters. The summed E-state index contributed by atoms with van der Waals surface area (Å²) in [4.78, 5) is 24.1. The van der Waals surface area contributed by atoms with Crippen LogP contribution in [0.15, 0.2) is 12.7 Å². The van der Waals surface area contributed by atoms with Crippen molar-refractivity contribution in [1.82, 2.24) is 19.5 Å². The number of rotatable bonds is 11. The Morgan fingerprint density at radius 1 is 1.24 bits per heavy atom. The van der Waals surface area contributed by atoms with Crippen LogP contribution in [0.5, 0.6) is 0 Å². The third-order valence-electron chi connectivity index (χ3n) is 5.54. The van der Waals surface area contributed by atoms with Gasteiger partial charge in [0.2, 0.25) is 0 Å². The zero-order valence-corrected chi connectivity index (χ0v) is 20.3. The largest absolute Gasteiger partial charge is 0.756 e. The Morgan fingerprint density at radius 3 is 2.88 bits per heavy atom. The van der Waals surface area contributed by atoms with Crippen molar-refractivity contribution < 1.29 is 33.5 Å². The molecule has 1 unspecified atom stereocenters. The number of fused-ring (bicyclic) bond motifs is 1. The maximum absolute atomic E-state index is 12.1. The van der Waals surface area contributed by atoms with Crippen LogP contribution in [-0.2, 0) is 18.3 Å². The molecule has 0 bridgehead atoms. The number of ether oxygens (including phenoxy) is 1. The van der Waals surface area contributed by atoms with Gasteiger partial charge in [-0.25, -0.2) is 15.0 Å². The van der Waals surface area contributed by atoms with Crippen LogP contribution in [0.4, 0.5) is 5.82 Å². The number of anilines is 1. The highest BCUT2D eigenvalue weighted by atomic mass is 33.1. The highest BCUT2D eigenvalue weighted by molar-refractivity contribution is 8.77. The van der Waals surface area contributed by atoms with Crippen LogP contribution in [0, 0.1) is 0 Å². The average molecular weight is 521 g/mol. The van der Waals surface area contributed by atoms with Gasteiger partial charge in [0.15, 0.2) is 17.7 Å². The number of hydrogen-bond acceptors (Lipinski definition) is 13. The number of hydrogen-bond donors (Lipinski definition) is 3. The number of nitrogens with two attached hydrogens (primary N) is 1. The number of phosphoric ester groups is 1. The number of imidazole rings is 1. The SMILES string of the molecule is Nc1ncnc2c1ncn2[C@@H]1O[C@H](COP(=O)([O-])OCCCCC[C@@H]2CCSS2)[C@@H](O)[C@H]1O. The van der Waals surface area contributed by atoms with Gasteiger partial charge >= 0.3 is 0 Å². The summed E-state index contributed by atoms with van der Waals surface area (Å²) >= 11 is 0. The molecule has 2 saturated heterocycles. The summed E-state index contributed by atoms with van der Waals surface area (Å²) in [6.07, 6.45) is 2.58. The number of nitrogen functional groups attached to an aromatic ring is 1. The molecule has 4 heterocycles. The fourth-order valence-corrected chi connectivity index (χ4v) is 7.53. The van der Waals surface area contributed by atoms with Gasteiger partial charge in [-0.2, -0.15) is 0 Å². The van der Waals surface area contributed by atoms with Crippen molar-refractivity contribution in [3.8, 4) is 0 Å². The van der Waals surface area contributed by atoms with Crippen LogP contribution in [0.3, 0.4) is 0 Å². The molecule has 12 nitrogen and oxygen atoms in total. The van der Waals surface area contributed by atoms with Crippen LogP contribution < -0.4 is 10.6 Å². The summed E-state index contributed by atoms with van der Waals surface area (Å²) in [6, 6.07) is 0. The van der Waals surface area contributed by atoms with Crippen molar-refractivity contribution in [1.29, 1.82) is 0 Å². The molecule has 0 amide bonds. The van der Waals surface area contributed by atoms with E-state index in [2.05, 4.69) is 15.0 Å². The molecule has 0 aromatic carbocycles. The molecule has 4 rings (SSSR count). The van der Waals surface area contributed by atoms with Crippen molar-refractivity contribution in [2.75, 3.05) is 24.7 Å². The molecule has 15 heteroatoms. The fraction of sp³-hybridized carbons (Fsp3) is 0.722. The predicted octanol–water partition coefficient (Wildman–Crippen LogP) is 1.24. The molecule has 184 valence electrons. The molecule has 2 fully saturated rings. The van der Waals surface area contributed by atoms with Gasteiger partial charge in [-0.3, -0.25) is 9.13 Å². The first kappa shape index (κ1) is 25.1. The second-order valence-corrected chi connectivity index (χ2v) is 12.1. The Labute approximate surface area is 198 Å². The van der Waals surface area contributed by atoms with E-state index in [0.29, 0.717) is 22.8 Å². The topological polar surface area (TPSA) is 178 Å². The average Bonchev–Trinajstić information content (AvgIpc) is 3.51. The molecule has 2 aromatic rings. The first-order valence-electron chi connectivity index (χ1n) is 10.7. The number of aliphatic hydroxyl groups is 2. The van der Waals surface area contributed by atoms with Crippen LogP contribution in [0.2, 0.25) is 0 Å². The van der Waals surface area contributed by atoms with E-state index >= 15 is 0 Å². The standard InChI is InChI=1S/C18H28N5O7PS2/c19-16-13-17(21-9-20-16)23(10-22-13)18-15(25)14(24)12(30-18)8-29-31(26,27)28-6-3-1-2-4-11-5-7-32-33-11/h9-12,14-15,18,24-25H,1-8H2,(H,26,27)(H2,19,20,21)/p-1/t11-,12-,14-,15-,18-/m1/s1. The van der Waals surface area contributed by atoms with Crippen molar-refractivity contribution in [2.45, 2.75) is 61.9 Å². The molecule has 0 saturated carbocycles. The fourth-order valence-electron chi connectivity index (χ4n) is 3.75. The highest BCUT2D eigenvalue weighted by Gasteiger charge is 2.44. The lowest BCUT2D eigenvalue weighted by Gasteiger charge is -2.25. The summed E-state index contributed by atoms with van der Waals surface area (Å²) in [6.45, 7) is -0.468. The van der Waals surface area contributed by atoms with E-state index in [9.17, 15) is 19.7 Å². The molecular formula is C18H27N5O7PS2-. The minimum Gasteiger partial charge on any atom is -0.756 e. The highest BCUT2D eigenvalue weighted by Crippen LogP contribution is 2.41. The van der Waals surface area contributed by atoms with Gasteiger partial charge in [0.05, 0.1) is 19.5 Å². The molecule has 33 heavy (non-hydrogen) atoms. The second kappa shape index (κ2) is 11.2. The Kier molecular flexibility index (Phi) is 8.52. The van der Waals surface area contributed by atoms with Crippen LogP contribution in [0.1, 0.15) is 38.3 Å². The van der Waals surface area contributed by atoms with Gasteiger partial charge in [0, 0.05) is 11.0 Å². The zero-order chi connectivity index (χ0) is 23.4. The third kappa shape index (κ3) is 6.19. The smallest absolute Gasteiger partial charge is 0.267 e. The van der Waals surface area contributed by atoms with Gasteiger partial charge < -0.3 is 34.6 Å². The van der Waals surface area contributed by atoms with Crippen LogP contribution in [-0.4, -0.2) is 72.3 Å². The normalized spacial score (nSPS) is 29.6. The Bertz CT molecular complexity index is 979. The van der Waals surface area contributed by atoms with Crippen LogP contribution >= 0.6 is 29.4 Å². The van der Waals surface area contributed by atoms with Crippen LogP contribution in [0.25, 0.3) is 11.2 Å². The van der Waals surface area contributed by atoms with Gasteiger partial charge in [0.25, 0.3) is 7.82 Å². The Balaban J connectivity index is 1.23. The molecule has 2 aliphatic rings. The molecule has 4 N–H and O–H groups in total. The second-order valence-electron chi connectivity index (χ2n) is 7.88. The van der Waals surface area contributed by atoms with Crippen molar-refractivity contribution in [2.24, 2.45) is 0 Å². The van der Waals surface area contributed by atoms with E-state index in [4.69, 9.17) is 19.5 Å². The minimum absolute atomic E-state index is 0.0365. The summed E-state index contributed by atoms with van der Waals surface area (Å²) in [5, 5.41) is 21.5. The van der Waals surface area contributed by atoms with Gasteiger partial charge in [0.1, 0.15) is 30.2 Å². The summed E-state index contributed by atoms with van der Waals surface area (Å²) in [5.74, 6) is 1.36. The third-order valence-corrected chi connectivity index (χ3v) is 9.51. The number of phosphoric acid groups is 1. The Morgan fingerprint density at radius 2 is 2.09 bits per heavy atom. The zero-order valence-electron chi connectivity index (χ0n) is 17.8. The summed E-state index contributed by atoms with van der Waals surface area (Å²) in [7, 11) is -0.730. The first-order chi connectivity index (χ1) is 15.9. The number of nitrogens with zero attached hydrogens (tertiary/aromatic N) is 4. The van der Waals surface area contributed by atoms with E-state index in [1.54, 1.807) is 0 Å². The van der Waals surface area contributed by atoms with E-state index in [-0.39, 0.29) is 12.4 Å². The van der Waals surface area contributed by atoms with Gasteiger partial charge in [-0.15, -0.1) is 0 Å². The molecule has 0 spiro atoms. The number of aliphatic hydroxyl groups excluding tert-OH is 2. The lowest BCUT2D eigenvalue weighted by Crippen LogP contribution is -2.34. The van der Waals surface area contributed by atoms with E-state index in [1.165, 1.54) is 29.4 Å². The van der Waals surface area contributed by atoms with E-state index < -0.39 is 39.0 Å². The monoisotopic (exact) mass is 520 g/mol. The molecule has 0 radical (unpaired) electrons. The van der Waals surface area contributed by atoms with Crippen molar-refractivity contribution in [3.05, 3.63) is 12.7 Å². The summed E-state index contributed by atoms with van der Waals surface area (Å²) < 4.78 is 28.9. The predicted molar refractivity (Wildman–Crippen MR) is 122 cm³/mol. The quantitative estimate of drug-likeness (QED) is 0.219. The number of aromatic nitrogens is 4. The van der Waals surface area contributed by atoms with Crippen molar-refractivity contribution in [3.63, 3.8) is 0 Å². The number of unbranched alkanes of at least 4 members (excludes halogenated alkanes) is 2. The molecule has 0 aliphatic carbocycles. The van der Waals surface area contributed by atoms with E-state index in [0.717, 1.165) is 19.3 Å². The molecule has 2 aromatic heterocycles. The molecular weight excluding hydrogens is 493 g/mol. The maximum atomic E-state index is 12.1. The van der Waals surface area contributed by atoms with Crippen molar-refractivity contribution >= 4 is 46.4 Å². The first-order valence-corrected chi connectivity index (χ1v) is 14.5. The maximum Gasteiger partial charge on any atom is 0.267 e. The van der Waals surface area contributed by atoms with Gasteiger partial charge in [-0.05, 0) is 19.3 Å². The minimum atomic E-state index is -4.57. The summed E-state index contributed by atoms with van der Waals surface area (Å²) in [5.41, 5.74) is 6.40. The van der Waals surface area contributed by atoms with E-state index in [1.807, 2.05) is 21.6 Å². The Hall–Kier alpha value is -0.960. The lowest BCUT2D eigenvalue weighted by molar-refractivity contribution is -0.228. The lowest BCUT2D eigenvalue weighted by atomic mass is 10.1.